The summed E-state index contributed by atoms with van der Waals surface area (Å²) in [5.74, 6) is -5.03. The largest absolute Gasteiger partial charge is 0.507 e. The fourth-order valence-corrected chi connectivity index (χ4v) is 1.94. The predicted octanol–water partition coefficient (Wildman–Crippen LogP) is 1.73. The van der Waals surface area contributed by atoms with Crippen LogP contribution < -0.4 is 0 Å². The third-order valence-electron chi connectivity index (χ3n) is 2.99. The van der Waals surface area contributed by atoms with Crippen LogP contribution in [0.1, 0.15) is 36.6 Å². The number of hydrogen-bond donors (Lipinski definition) is 4. The van der Waals surface area contributed by atoms with Crippen LogP contribution in [0.4, 0.5) is 0 Å². The first-order chi connectivity index (χ1) is 10.3. The van der Waals surface area contributed by atoms with Gasteiger partial charge in [-0.05, 0) is 12.1 Å². The zero-order valence-electron chi connectivity index (χ0n) is 11.0. The van der Waals surface area contributed by atoms with E-state index in [1.807, 2.05) is 0 Å². The number of rotatable bonds is 4. The highest BCUT2D eigenvalue weighted by atomic mass is 16.4. The van der Waals surface area contributed by atoms with Crippen LogP contribution >= 0.6 is 0 Å². The average Bonchev–Trinajstić information content (AvgIpc) is 2.46. The monoisotopic (exact) mass is 302 g/mol. The molecule has 2 rings (SSSR count). The Balaban J connectivity index is 2.62. The lowest BCUT2D eigenvalue weighted by atomic mass is 9.96. The molecule has 0 heterocycles. The van der Waals surface area contributed by atoms with Crippen molar-refractivity contribution in [3.05, 3.63) is 58.7 Å². The van der Waals surface area contributed by atoms with E-state index in [0.29, 0.717) is 0 Å². The summed E-state index contributed by atoms with van der Waals surface area (Å²) >= 11 is 0. The number of benzene rings is 2. The van der Waals surface area contributed by atoms with Crippen LogP contribution in [0.25, 0.3) is 0 Å². The summed E-state index contributed by atoms with van der Waals surface area (Å²) in [7, 11) is 0. The van der Waals surface area contributed by atoms with Gasteiger partial charge < -0.3 is 20.4 Å². The van der Waals surface area contributed by atoms with Gasteiger partial charge in [-0.25, -0.2) is 9.59 Å². The minimum absolute atomic E-state index is 0.202. The van der Waals surface area contributed by atoms with Crippen molar-refractivity contribution in [3.8, 4) is 11.5 Å². The summed E-state index contributed by atoms with van der Waals surface area (Å²) in [6.45, 7) is 0. The van der Waals surface area contributed by atoms with Gasteiger partial charge in [0.05, 0.1) is 11.1 Å². The van der Waals surface area contributed by atoms with Gasteiger partial charge >= 0.3 is 11.9 Å². The van der Waals surface area contributed by atoms with Crippen molar-refractivity contribution < 1.29 is 34.8 Å². The maximum absolute atomic E-state index is 12.4. The van der Waals surface area contributed by atoms with Crippen LogP contribution in [0.3, 0.4) is 0 Å². The molecule has 7 nitrogen and oxygen atoms in total. The third kappa shape index (κ3) is 2.59. The van der Waals surface area contributed by atoms with Crippen molar-refractivity contribution >= 4 is 17.7 Å². The Bertz CT molecular complexity index is 792. The highest BCUT2D eigenvalue weighted by Gasteiger charge is 2.23. The standard InChI is InChI=1S/C15H10O7/c16-11-6-12(17)10(15(21)22)5-9(11)13(18)7-3-1-2-4-8(7)14(19)20/h1-6,16-17H,(H,19,20)(H,21,22). The van der Waals surface area contributed by atoms with E-state index in [2.05, 4.69) is 0 Å². The smallest absolute Gasteiger partial charge is 0.339 e. The molecule has 0 aromatic heterocycles. The van der Waals surface area contributed by atoms with Crippen LogP contribution in [-0.2, 0) is 0 Å². The molecule has 0 aliphatic heterocycles. The fourth-order valence-electron chi connectivity index (χ4n) is 1.94. The summed E-state index contributed by atoms with van der Waals surface area (Å²) < 4.78 is 0. The second-order valence-electron chi connectivity index (χ2n) is 4.37. The van der Waals surface area contributed by atoms with Crippen LogP contribution in [0.2, 0.25) is 0 Å². The minimum atomic E-state index is -1.49. The van der Waals surface area contributed by atoms with Gasteiger partial charge in [0.1, 0.15) is 17.1 Å². The van der Waals surface area contributed by atoms with Gasteiger partial charge in [-0.15, -0.1) is 0 Å². The first kappa shape index (κ1) is 15.0. The van der Waals surface area contributed by atoms with E-state index in [1.165, 1.54) is 24.3 Å². The van der Waals surface area contributed by atoms with Gasteiger partial charge in [-0.2, -0.15) is 0 Å². The molecule has 0 saturated heterocycles. The number of carbonyl (C=O) groups is 3. The summed E-state index contributed by atoms with van der Waals surface area (Å²) in [6.07, 6.45) is 0. The molecule has 2 aromatic rings. The number of carboxylic acid groups (broad SMARTS) is 2. The lowest BCUT2D eigenvalue weighted by molar-refractivity contribution is 0.0682. The second kappa shape index (κ2) is 5.57. The number of carboxylic acids is 2. The molecule has 7 heteroatoms. The molecule has 0 saturated carbocycles. The minimum Gasteiger partial charge on any atom is -0.507 e. The molecule has 4 N–H and O–H groups in total. The van der Waals surface area contributed by atoms with E-state index in [9.17, 15) is 24.6 Å². The van der Waals surface area contributed by atoms with Gasteiger partial charge in [0.25, 0.3) is 0 Å². The lowest BCUT2D eigenvalue weighted by Gasteiger charge is -2.09. The summed E-state index contributed by atoms with van der Waals surface area (Å²) in [5, 5.41) is 37.2. The van der Waals surface area contributed by atoms with Crippen LogP contribution in [-0.4, -0.2) is 38.1 Å². The maximum Gasteiger partial charge on any atom is 0.339 e. The number of ketones is 1. The molecular weight excluding hydrogens is 292 g/mol. The molecule has 112 valence electrons. The highest BCUT2D eigenvalue weighted by Crippen LogP contribution is 2.29. The number of carbonyl (C=O) groups excluding carboxylic acids is 1. The molecule has 0 amide bonds. The molecule has 0 aliphatic carbocycles. The second-order valence-corrected chi connectivity index (χ2v) is 4.37. The van der Waals surface area contributed by atoms with E-state index in [4.69, 9.17) is 10.2 Å². The number of phenolic OH excluding ortho intramolecular Hbond substituents is 1. The summed E-state index contributed by atoms with van der Waals surface area (Å²) in [4.78, 5) is 34.5. The molecule has 0 atom stereocenters. The lowest BCUT2D eigenvalue weighted by Crippen LogP contribution is -2.10. The molecule has 0 aliphatic rings. The molecule has 0 unspecified atom stereocenters. The summed E-state index contributed by atoms with van der Waals surface area (Å²) in [5.41, 5.74) is -1.47. The van der Waals surface area contributed by atoms with Crippen molar-refractivity contribution in [3.63, 3.8) is 0 Å². The number of phenols is 2. The van der Waals surface area contributed by atoms with Crippen LogP contribution in [0.15, 0.2) is 36.4 Å². The van der Waals surface area contributed by atoms with Crippen molar-refractivity contribution in [1.29, 1.82) is 0 Å². The van der Waals surface area contributed by atoms with E-state index in [-0.39, 0.29) is 11.1 Å². The Morgan fingerprint density at radius 2 is 1.18 bits per heavy atom. The number of aromatic carboxylic acids is 2. The van der Waals surface area contributed by atoms with Gasteiger partial charge in [-0.3, -0.25) is 4.79 Å². The van der Waals surface area contributed by atoms with Gasteiger partial charge in [-0.1, -0.05) is 18.2 Å². The number of hydrogen-bond acceptors (Lipinski definition) is 5. The summed E-state index contributed by atoms with van der Waals surface area (Å²) in [6, 6.07) is 6.85. The highest BCUT2D eigenvalue weighted by molar-refractivity contribution is 6.16. The topological polar surface area (TPSA) is 132 Å². The molecule has 2 aromatic carbocycles. The Kier molecular flexibility index (Phi) is 3.81. The molecule has 0 bridgehead atoms. The Morgan fingerprint density at radius 3 is 1.73 bits per heavy atom. The van der Waals surface area contributed by atoms with Gasteiger partial charge in [0, 0.05) is 11.6 Å². The maximum atomic E-state index is 12.4. The normalized spacial score (nSPS) is 10.2. The van der Waals surface area contributed by atoms with Gasteiger partial charge in [0.2, 0.25) is 0 Å². The van der Waals surface area contributed by atoms with Crippen molar-refractivity contribution in [2.75, 3.05) is 0 Å². The molecular formula is C15H10O7. The quantitative estimate of drug-likeness (QED) is 0.632. The SMILES string of the molecule is O=C(O)c1cc(C(=O)c2ccccc2C(=O)O)c(O)cc1O. The Morgan fingerprint density at radius 1 is 0.682 bits per heavy atom. The molecule has 22 heavy (non-hydrogen) atoms. The Labute approximate surface area is 123 Å². The average molecular weight is 302 g/mol. The van der Waals surface area contributed by atoms with Gasteiger partial charge in [0.15, 0.2) is 5.78 Å². The first-order valence-electron chi connectivity index (χ1n) is 5.99. The third-order valence-corrected chi connectivity index (χ3v) is 2.99. The molecule has 0 radical (unpaired) electrons. The van der Waals surface area contributed by atoms with Crippen LogP contribution in [0.5, 0.6) is 11.5 Å². The van der Waals surface area contributed by atoms with E-state index in [1.54, 1.807) is 0 Å². The van der Waals surface area contributed by atoms with Crippen LogP contribution in [0, 0.1) is 0 Å². The van der Waals surface area contributed by atoms with Crippen molar-refractivity contribution in [2.45, 2.75) is 0 Å². The first-order valence-corrected chi connectivity index (χ1v) is 5.99. The van der Waals surface area contributed by atoms with E-state index in [0.717, 1.165) is 12.1 Å². The fraction of sp³-hybridized carbons (Fsp3) is 0. The van der Waals surface area contributed by atoms with E-state index >= 15 is 0 Å². The molecule has 0 fully saturated rings. The van der Waals surface area contributed by atoms with Crippen molar-refractivity contribution in [2.24, 2.45) is 0 Å². The Hall–Kier alpha value is -3.35. The van der Waals surface area contributed by atoms with E-state index < -0.39 is 40.3 Å². The van der Waals surface area contributed by atoms with Crippen molar-refractivity contribution in [1.82, 2.24) is 0 Å². The number of aromatic hydroxyl groups is 2. The zero-order valence-corrected chi connectivity index (χ0v) is 11.0. The predicted molar refractivity (Wildman–Crippen MR) is 73.6 cm³/mol. The molecule has 0 spiro atoms. The zero-order chi connectivity index (χ0) is 16.4.